The van der Waals surface area contributed by atoms with Crippen LogP contribution in [-0.4, -0.2) is 19.5 Å². The quantitative estimate of drug-likeness (QED) is 0.770. The van der Waals surface area contributed by atoms with Gasteiger partial charge in [-0.3, -0.25) is 4.79 Å². The summed E-state index contributed by atoms with van der Waals surface area (Å²) in [6.45, 7) is 1.99. The van der Waals surface area contributed by atoms with Crippen LogP contribution in [0, 0.1) is 6.92 Å². The van der Waals surface area contributed by atoms with Crippen molar-refractivity contribution in [1.82, 2.24) is 0 Å². The van der Waals surface area contributed by atoms with Crippen molar-refractivity contribution in [3.8, 4) is 11.5 Å². The number of methoxy groups -OCH3 is 1. The molecule has 2 aromatic carbocycles. The molecule has 0 saturated carbocycles. The largest absolute Gasteiger partial charge is 0.493 e. The van der Waals surface area contributed by atoms with Gasteiger partial charge in [0.25, 0.3) is 0 Å². The zero-order valence-electron chi connectivity index (χ0n) is 11.1. The molecule has 0 fully saturated rings. The third-order valence-electron chi connectivity index (χ3n) is 2.80. The van der Waals surface area contributed by atoms with Crippen molar-refractivity contribution in [3.05, 3.63) is 59.7 Å². The van der Waals surface area contributed by atoms with Crippen molar-refractivity contribution in [2.45, 2.75) is 6.92 Å². The second kappa shape index (κ2) is 6.05. The van der Waals surface area contributed by atoms with E-state index in [1.165, 1.54) is 0 Å². The summed E-state index contributed by atoms with van der Waals surface area (Å²) in [6.07, 6.45) is 0. The van der Waals surface area contributed by atoms with Crippen LogP contribution in [0.3, 0.4) is 0 Å². The van der Waals surface area contributed by atoms with E-state index in [2.05, 4.69) is 0 Å². The Bertz CT molecular complexity index is 558. The molecule has 3 nitrogen and oxygen atoms in total. The monoisotopic (exact) mass is 256 g/mol. The highest BCUT2D eigenvalue weighted by Gasteiger charge is 2.08. The molecule has 0 aliphatic carbocycles. The molecule has 0 amide bonds. The normalized spacial score (nSPS) is 10.0. The van der Waals surface area contributed by atoms with E-state index in [-0.39, 0.29) is 12.4 Å². The van der Waals surface area contributed by atoms with Crippen LogP contribution in [0.5, 0.6) is 11.5 Å². The maximum atomic E-state index is 12.0. The number of Topliss-reactive ketones (excluding diaryl/α,β-unsaturated/α-hetero) is 1. The van der Waals surface area contributed by atoms with Crippen molar-refractivity contribution in [2.24, 2.45) is 0 Å². The van der Waals surface area contributed by atoms with Crippen molar-refractivity contribution in [1.29, 1.82) is 0 Å². The van der Waals surface area contributed by atoms with E-state index >= 15 is 0 Å². The predicted octanol–water partition coefficient (Wildman–Crippen LogP) is 3.27. The van der Waals surface area contributed by atoms with Crippen molar-refractivity contribution in [3.63, 3.8) is 0 Å². The topological polar surface area (TPSA) is 35.5 Å². The van der Waals surface area contributed by atoms with Gasteiger partial charge in [-0.25, -0.2) is 0 Å². The maximum Gasteiger partial charge on any atom is 0.200 e. The summed E-state index contributed by atoms with van der Waals surface area (Å²) in [5.41, 5.74) is 1.78. The SMILES string of the molecule is COc1ccccc1OCC(=O)c1ccc(C)cc1. The molecule has 0 aromatic heterocycles. The first kappa shape index (κ1) is 13.1. The second-order valence-corrected chi connectivity index (χ2v) is 4.23. The van der Waals surface area contributed by atoms with Gasteiger partial charge in [0.2, 0.25) is 0 Å². The zero-order valence-corrected chi connectivity index (χ0v) is 11.1. The highest BCUT2D eigenvalue weighted by Crippen LogP contribution is 2.25. The summed E-state index contributed by atoms with van der Waals surface area (Å²) in [5, 5.41) is 0. The Hall–Kier alpha value is -2.29. The number of para-hydroxylation sites is 2. The Morgan fingerprint density at radius 2 is 1.63 bits per heavy atom. The van der Waals surface area contributed by atoms with Gasteiger partial charge in [0.15, 0.2) is 23.9 Å². The van der Waals surface area contributed by atoms with Gasteiger partial charge in [-0.1, -0.05) is 42.0 Å². The van der Waals surface area contributed by atoms with Crippen LogP contribution in [0.2, 0.25) is 0 Å². The molecule has 2 rings (SSSR count). The summed E-state index contributed by atoms with van der Waals surface area (Å²) in [5.74, 6) is 1.15. The Morgan fingerprint density at radius 3 is 2.26 bits per heavy atom. The molecule has 0 unspecified atom stereocenters. The van der Waals surface area contributed by atoms with Crippen molar-refractivity contribution >= 4 is 5.78 Å². The lowest BCUT2D eigenvalue weighted by Crippen LogP contribution is -2.11. The van der Waals surface area contributed by atoms with E-state index in [4.69, 9.17) is 9.47 Å². The van der Waals surface area contributed by atoms with Crippen LogP contribution in [0.25, 0.3) is 0 Å². The lowest BCUT2D eigenvalue weighted by Gasteiger charge is -2.09. The molecule has 19 heavy (non-hydrogen) atoms. The Labute approximate surface area is 112 Å². The van der Waals surface area contributed by atoms with Crippen LogP contribution in [0.1, 0.15) is 15.9 Å². The fraction of sp³-hybridized carbons (Fsp3) is 0.188. The van der Waals surface area contributed by atoms with E-state index in [0.29, 0.717) is 17.1 Å². The number of hydrogen-bond acceptors (Lipinski definition) is 3. The second-order valence-electron chi connectivity index (χ2n) is 4.23. The van der Waals surface area contributed by atoms with Crippen molar-refractivity contribution in [2.75, 3.05) is 13.7 Å². The minimum Gasteiger partial charge on any atom is -0.493 e. The summed E-state index contributed by atoms with van der Waals surface area (Å²) in [4.78, 5) is 12.0. The van der Waals surface area contributed by atoms with Crippen LogP contribution < -0.4 is 9.47 Å². The molecule has 0 radical (unpaired) electrons. The first-order valence-corrected chi connectivity index (χ1v) is 6.06. The number of ketones is 1. The van der Waals surface area contributed by atoms with Crippen molar-refractivity contribution < 1.29 is 14.3 Å². The summed E-state index contributed by atoms with van der Waals surface area (Å²) in [7, 11) is 1.57. The number of benzene rings is 2. The molecule has 0 bridgehead atoms. The lowest BCUT2D eigenvalue weighted by molar-refractivity contribution is 0.0919. The van der Waals surface area contributed by atoms with Crippen LogP contribution >= 0.6 is 0 Å². The molecule has 3 heteroatoms. The smallest absolute Gasteiger partial charge is 0.200 e. The van der Waals surface area contributed by atoms with Gasteiger partial charge < -0.3 is 9.47 Å². The minimum atomic E-state index is -0.0501. The van der Waals surface area contributed by atoms with E-state index in [1.807, 2.05) is 43.3 Å². The minimum absolute atomic E-state index is 0.00341. The molecular weight excluding hydrogens is 240 g/mol. The van der Waals surface area contributed by atoms with Gasteiger partial charge in [0.05, 0.1) is 7.11 Å². The van der Waals surface area contributed by atoms with E-state index in [1.54, 1.807) is 19.2 Å². The van der Waals surface area contributed by atoms with Gasteiger partial charge >= 0.3 is 0 Å². The number of rotatable bonds is 5. The van der Waals surface area contributed by atoms with Gasteiger partial charge in [-0.05, 0) is 19.1 Å². The fourth-order valence-electron chi connectivity index (χ4n) is 1.70. The van der Waals surface area contributed by atoms with E-state index < -0.39 is 0 Å². The highest BCUT2D eigenvalue weighted by atomic mass is 16.5. The van der Waals surface area contributed by atoms with Gasteiger partial charge in [0.1, 0.15) is 0 Å². The van der Waals surface area contributed by atoms with Crippen LogP contribution in [-0.2, 0) is 0 Å². The molecule has 98 valence electrons. The number of hydrogen-bond donors (Lipinski definition) is 0. The Morgan fingerprint density at radius 1 is 1.00 bits per heavy atom. The summed E-state index contributed by atoms with van der Waals surface area (Å²) >= 11 is 0. The maximum absolute atomic E-state index is 12.0. The third kappa shape index (κ3) is 3.35. The third-order valence-corrected chi connectivity index (χ3v) is 2.80. The summed E-state index contributed by atoms with van der Waals surface area (Å²) < 4.78 is 10.7. The Kier molecular flexibility index (Phi) is 4.18. The molecular formula is C16H16O3. The van der Waals surface area contributed by atoms with E-state index in [9.17, 15) is 4.79 Å². The van der Waals surface area contributed by atoms with Gasteiger partial charge in [-0.2, -0.15) is 0 Å². The van der Waals surface area contributed by atoms with Crippen LogP contribution in [0.4, 0.5) is 0 Å². The molecule has 0 atom stereocenters. The first-order chi connectivity index (χ1) is 9.20. The molecule has 0 spiro atoms. The average Bonchev–Trinajstić information content (AvgIpc) is 2.45. The lowest BCUT2D eigenvalue weighted by atomic mass is 10.1. The fourth-order valence-corrected chi connectivity index (χ4v) is 1.70. The standard InChI is InChI=1S/C16H16O3/c1-12-7-9-13(10-8-12)14(17)11-19-16-6-4-3-5-15(16)18-2/h3-10H,11H2,1-2H3. The summed E-state index contributed by atoms with van der Waals surface area (Å²) in [6, 6.07) is 14.7. The van der Waals surface area contributed by atoms with E-state index in [0.717, 1.165) is 5.56 Å². The zero-order chi connectivity index (χ0) is 13.7. The van der Waals surface area contributed by atoms with Gasteiger partial charge in [-0.15, -0.1) is 0 Å². The average molecular weight is 256 g/mol. The number of carbonyl (C=O) groups is 1. The first-order valence-electron chi connectivity index (χ1n) is 6.06. The molecule has 0 saturated heterocycles. The predicted molar refractivity (Wildman–Crippen MR) is 74.0 cm³/mol. The highest BCUT2D eigenvalue weighted by molar-refractivity contribution is 5.97. The number of aryl methyl sites for hydroxylation is 1. The molecule has 0 aliphatic rings. The van der Waals surface area contributed by atoms with Gasteiger partial charge in [0, 0.05) is 5.56 Å². The number of carbonyl (C=O) groups excluding carboxylic acids is 1. The molecule has 0 aliphatic heterocycles. The Balaban J connectivity index is 2.02. The molecule has 0 N–H and O–H groups in total. The van der Waals surface area contributed by atoms with Crippen LogP contribution in [0.15, 0.2) is 48.5 Å². The number of ether oxygens (including phenoxy) is 2. The molecule has 0 heterocycles. The molecule has 2 aromatic rings.